The van der Waals surface area contributed by atoms with Gasteiger partial charge in [0.05, 0.1) is 11.1 Å². The van der Waals surface area contributed by atoms with Crippen LogP contribution in [0, 0.1) is 0 Å². The van der Waals surface area contributed by atoms with Crippen LogP contribution >= 0.6 is 11.6 Å². The first-order valence-corrected chi connectivity index (χ1v) is 7.16. The fourth-order valence-electron chi connectivity index (χ4n) is 2.26. The molecule has 0 saturated carbocycles. The number of aliphatic hydroxyl groups excluding tert-OH is 1. The summed E-state index contributed by atoms with van der Waals surface area (Å²) in [5, 5.41) is 12.2. The van der Waals surface area contributed by atoms with Gasteiger partial charge in [-0.25, -0.2) is 0 Å². The molecule has 3 rings (SSSR count). The Balaban J connectivity index is 1.99. The van der Waals surface area contributed by atoms with E-state index in [-0.39, 0.29) is 0 Å². The summed E-state index contributed by atoms with van der Waals surface area (Å²) in [6, 6.07) is 19.3. The lowest BCUT2D eigenvalue weighted by Crippen LogP contribution is -1.92. The molecule has 0 aliphatic heterocycles. The van der Waals surface area contributed by atoms with Crippen molar-refractivity contribution in [1.29, 1.82) is 0 Å². The van der Waals surface area contributed by atoms with Crippen molar-refractivity contribution in [3.05, 3.63) is 71.2 Å². The normalized spacial score (nSPS) is 12.3. The average molecular weight is 299 g/mol. The topological polar surface area (TPSA) is 29.5 Å². The van der Waals surface area contributed by atoms with E-state index in [1.54, 1.807) is 19.1 Å². The quantitative estimate of drug-likeness (QED) is 0.707. The molecule has 1 N–H and O–H groups in total. The molecule has 0 spiro atoms. The number of ether oxygens (including phenoxy) is 1. The van der Waals surface area contributed by atoms with Crippen molar-refractivity contribution in [1.82, 2.24) is 0 Å². The monoisotopic (exact) mass is 298 g/mol. The van der Waals surface area contributed by atoms with Gasteiger partial charge < -0.3 is 9.84 Å². The van der Waals surface area contributed by atoms with Gasteiger partial charge in [0.15, 0.2) is 0 Å². The third kappa shape index (κ3) is 2.87. The molecule has 0 aliphatic rings. The minimum absolute atomic E-state index is 0.487. The maximum atomic E-state index is 9.57. The molecule has 0 aliphatic carbocycles. The summed E-state index contributed by atoms with van der Waals surface area (Å²) in [5.74, 6) is 1.34. The molecule has 0 saturated heterocycles. The van der Waals surface area contributed by atoms with Crippen LogP contribution in [0.1, 0.15) is 18.6 Å². The number of aliphatic hydroxyl groups is 1. The molecule has 106 valence electrons. The van der Waals surface area contributed by atoms with Crippen molar-refractivity contribution in [2.24, 2.45) is 0 Å². The Morgan fingerprint density at radius 2 is 1.71 bits per heavy atom. The van der Waals surface area contributed by atoms with E-state index < -0.39 is 6.10 Å². The maximum absolute atomic E-state index is 9.57. The zero-order valence-corrected chi connectivity index (χ0v) is 12.3. The Morgan fingerprint density at radius 3 is 2.48 bits per heavy atom. The SMILES string of the molecule is CC(O)c1ccc(Oc2cccc3ccccc23)c(Cl)c1. The predicted molar refractivity (Wildman–Crippen MR) is 86.1 cm³/mol. The zero-order chi connectivity index (χ0) is 14.8. The standard InChI is InChI=1S/C18H15ClO2/c1-12(20)14-9-10-18(16(19)11-14)21-17-8-4-6-13-5-2-3-7-15(13)17/h2-12,20H,1H3. The lowest BCUT2D eigenvalue weighted by atomic mass is 10.1. The van der Waals surface area contributed by atoms with E-state index in [4.69, 9.17) is 16.3 Å². The molecule has 1 atom stereocenters. The van der Waals surface area contributed by atoms with Gasteiger partial charge in [0, 0.05) is 5.39 Å². The summed E-state index contributed by atoms with van der Waals surface area (Å²) in [7, 11) is 0. The molecule has 0 aromatic heterocycles. The lowest BCUT2D eigenvalue weighted by Gasteiger charge is -2.12. The molecule has 3 aromatic carbocycles. The highest BCUT2D eigenvalue weighted by atomic mass is 35.5. The number of rotatable bonds is 3. The Labute approximate surface area is 128 Å². The van der Waals surface area contributed by atoms with Gasteiger partial charge in [-0.05, 0) is 36.1 Å². The van der Waals surface area contributed by atoms with Crippen LogP contribution in [0.15, 0.2) is 60.7 Å². The predicted octanol–water partition coefficient (Wildman–Crippen LogP) is 5.34. The number of fused-ring (bicyclic) bond motifs is 1. The summed E-state index contributed by atoms with van der Waals surface area (Å²) in [6.07, 6.45) is -0.547. The van der Waals surface area contributed by atoms with Gasteiger partial charge in [-0.3, -0.25) is 0 Å². The number of hydrogen-bond acceptors (Lipinski definition) is 2. The van der Waals surface area contributed by atoms with E-state index in [0.29, 0.717) is 10.8 Å². The number of hydrogen-bond donors (Lipinski definition) is 1. The summed E-state index contributed by atoms with van der Waals surface area (Å²) in [6.45, 7) is 1.71. The highest BCUT2D eigenvalue weighted by Crippen LogP contribution is 2.34. The van der Waals surface area contributed by atoms with E-state index >= 15 is 0 Å². The van der Waals surface area contributed by atoms with Crippen LogP contribution in [-0.2, 0) is 0 Å². The van der Waals surface area contributed by atoms with Crippen molar-refractivity contribution >= 4 is 22.4 Å². The minimum Gasteiger partial charge on any atom is -0.455 e. The highest BCUT2D eigenvalue weighted by molar-refractivity contribution is 6.32. The van der Waals surface area contributed by atoms with Crippen LogP contribution in [0.25, 0.3) is 10.8 Å². The van der Waals surface area contributed by atoms with Gasteiger partial charge in [0.1, 0.15) is 11.5 Å². The van der Waals surface area contributed by atoms with Crippen molar-refractivity contribution in [3.8, 4) is 11.5 Å². The second-order valence-corrected chi connectivity index (χ2v) is 5.35. The zero-order valence-electron chi connectivity index (χ0n) is 11.6. The largest absolute Gasteiger partial charge is 0.455 e. The molecule has 0 radical (unpaired) electrons. The van der Waals surface area contributed by atoms with E-state index in [1.807, 2.05) is 48.5 Å². The fourth-order valence-corrected chi connectivity index (χ4v) is 2.49. The van der Waals surface area contributed by atoms with E-state index in [1.165, 1.54) is 0 Å². The first kappa shape index (κ1) is 13.9. The Kier molecular flexibility index (Phi) is 3.82. The van der Waals surface area contributed by atoms with Gasteiger partial charge >= 0.3 is 0 Å². The van der Waals surface area contributed by atoms with Gasteiger partial charge in [-0.15, -0.1) is 0 Å². The van der Waals surface area contributed by atoms with E-state index in [2.05, 4.69) is 0 Å². The fraction of sp³-hybridized carbons (Fsp3) is 0.111. The van der Waals surface area contributed by atoms with Crippen LogP contribution in [0.4, 0.5) is 0 Å². The molecule has 3 heteroatoms. The molecule has 0 fully saturated rings. The molecule has 3 aromatic rings. The van der Waals surface area contributed by atoms with Crippen molar-refractivity contribution < 1.29 is 9.84 Å². The molecule has 21 heavy (non-hydrogen) atoms. The van der Waals surface area contributed by atoms with Crippen LogP contribution in [0.5, 0.6) is 11.5 Å². The third-order valence-corrected chi connectivity index (χ3v) is 3.70. The molecular weight excluding hydrogens is 284 g/mol. The second kappa shape index (κ2) is 5.76. The Morgan fingerprint density at radius 1 is 0.952 bits per heavy atom. The van der Waals surface area contributed by atoms with Crippen LogP contribution in [0.3, 0.4) is 0 Å². The van der Waals surface area contributed by atoms with E-state index in [9.17, 15) is 5.11 Å². The molecule has 1 unspecified atom stereocenters. The summed E-state index contributed by atoms with van der Waals surface area (Å²) >= 11 is 6.24. The molecule has 0 heterocycles. The third-order valence-electron chi connectivity index (χ3n) is 3.41. The van der Waals surface area contributed by atoms with Gasteiger partial charge in [0.2, 0.25) is 0 Å². The number of halogens is 1. The lowest BCUT2D eigenvalue weighted by molar-refractivity contribution is 0.199. The molecule has 0 amide bonds. The molecule has 2 nitrogen and oxygen atoms in total. The van der Waals surface area contributed by atoms with Crippen LogP contribution in [-0.4, -0.2) is 5.11 Å². The molecule has 0 bridgehead atoms. The van der Waals surface area contributed by atoms with Gasteiger partial charge in [-0.2, -0.15) is 0 Å². The van der Waals surface area contributed by atoms with E-state index in [0.717, 1.165) is 22.1 Å². The summed E-state index contributed by atoms with van der Waals surface area (Å²) in [5.41, 5.74) is 0.769. The smallest absolute Gasteiger partial charge is 0.146 e. The van der Waals surface area contributed by atoms with Crippen LogP contribution < -0.4 is 4.74 Å². The van der Waals surface area contributed by atoms with Crippen LogP contribution in [0.2, 0.25) is 5.02 Å². The minimum atomic E-state index is -0.547. The average Bonchev–Trinajstić information content (AvgIpc) is 2.49. The van der Waals surface area contributed by atoms with Gasteiger partial charge in [0.25, 0.3) is 0 Å². The Hall–Kier alpha value is -2.03. The first-order chi connectivity index (χ1) is 10.1. The van der Waals surface area contributed by atoms with Crippen molar-refractivity contribution in [3.63, 3.8) is 0 Å². The summed E-state index contributed by atoms with van der Waals surface area (Å²) in [4.78, 5) is 0. The summed E-state index contributed by atoms with van der Waals surface area (Å²) < 4.78 is 5.94. The molecular formula is C18H15ClO2. The maximum Gasteiger partial charge on any atom is 0.146 e. The Bertz CT molecular complexity index is 776. The highest BCUT2D eigenvalue weighted by Gasteiger charge is 2.09. The van der Waals surface area contributed by atoms with Crippen molar-refractivity contribution in [2.45, 2.75) is 13.0 Å². The van der Waals surface area contributed by atoms with Crippen molar-refractivity contribution in [2.75, 3.05) is 0 Å². The number of benzene rings is 3. The van der Waals surface area contributed by atoms with Gasteiger partial charge in [-0.1, -0.05) is 54.1 Å². The first-order valence-electron chi connectivity index (χ1n) is 6.78. The second-order valence-electron chi connectivity index (χ2n) is 4.95.